The number of nitrogens with one attached hydrogen (secondary N) is 3. The van der Waals surface area contributed by atoms with Crippen LogP contribution < -0.4 is 20.8 Å². The number of carboxylic acid groups (broad SMARTS) is 1. The zero-order valence-electron chi connectivity index (χ0n) is 45.6. The largest absolute Gasteiger partial charge is 0.756 e. The summed E-state index contributed by atoms with van der Waals surface area (Å²) in [5.74, 6) is -13.1. The minimum atomic E-state index is -5.52. The average Bonchev–Trinajstić information content (AvgIpc) is 3.32. The molecule has 75 heavy (non-hydrogen) atoms. The Labute approximate surface area is 439 Å². The number of hydrogen-bond acceptors (Lipinski definition) is 16. The molecule has 1 aromatic carbocycles. The van der Waals surface area contributed by atoms with E-state index in [2.05, 4.69) is 22.5 Å². The predicted molar refractivity (Wildman–Crippen MR) is 269 cm³/mol. The van der Waals surface area contributed by atoms with E-state index in [1.165, 1.54) is 83.5 Å². The Morgan fingerprint density at radius 1 is 0.773 bits per heavy atom. The minimum Gasteiger partial charge on any atom is -0.756 e. The molecule has 422 valence electrons. The second kappa shape index (κ2) is 30.5. The first-order valence-corrected chi connectivity index (χ1v) is 25.9. The number of esters is 2. The normalized spacial score (nSPS) is 16.2. The molecule has 0 aliphatic heterocycles. The summed E-state index contributed by atoms with van der Waals surface area (Å²) >= 11 is 0. The lowest BCUT2D eigenvalue weighted by molar-refractivity contribution is -0.228. The van der Waals surface area contributed by atoms with Crippen LogP contribution in [0.4, 0.5) is 0 Å². The predicted octanol–water partition coefficient (Wildman–Crippen LogP) is 1.50. The lowest BCUT2D eigenvalue weighted by atomic mass is 9.88. The summed E-state index contributed by atoms with van der Waals surface area (Å²) in [5.41, 5.74) is 0.120. The van der Waals surface area contributed by atoms with Gasteiger partial charge in [0.25, 0.3) is 19.6 Å². The summed E-state index contributed by atoms with van der Waals surface area (Å²) in [6, 6.07) is 0.936. The number of amides is 6. The Bertz CT molecular complexity index is 2240. The fourth-order valence-corrected chi connectivity index (χ4v) is 8.45. The highest BCUT2D eigenvalue weighted by molar-refractivity contribution is 7.44. The summed E-state index contributed by atoms with van der Waals surface area (Å²) in [6.07, 6.45) is -6.61. The summed E-state index contributed by atoms with van der Waals surface area (Å²) < 4.78 is 33.6. The lowest BCUT2D eigenvalue weighted by Crippen LogP contribution is -2.63. The van der Waals surface area contributed by atoms with Crippen LogP contribution in [0.25, 0.3) is 0 Å². The molecule has 0 heterocycles. The first kappa shape index (κ1) is 66.9. The van der Waals surface area contributed by atoms with Crippen molar-refractivity contribution in [2.75, 3.05) is 28.3 Å². The molecule has 0 radical (unpaired) electrons. The van der Waals surface area contributed by atoms with Gasteiger partial charge in [-0.25, -0.2) is 9.59 Å². The van der Waals surface area contributed by atoms with E-state index in [-0.39, 0.29) is 25.2 Å². The highest BCUT2D eigenvalue weighted by Gasteiger charge is 2.45. The number of carboxylic acids is 1. The number of Topliss-reactive ketones (excluding diaryl/α,β-unsaturated/α-hetero) is 1. The molecule has 0 spiro atoms. The van der Waals surface area contributed by atoms with Crippen molar-refractivity contribution < 1.29 is 86.1 Å². The molecule has 24 nitrogen and oxygen atoms in total. The van der Waals surface area contributed by atoms with Gasteiger partial charge in [-0.05, 0) is 50.5 Å². The second-order valence-corrected chi connectivity index (χ2v) is 20.6. The van der Waals surface area contributed by atoms with E-state index < -0.39 is 151 Å². The number of phosphoric ester groups is 1. The Morgan fingerprint density at radius 2 is 1.33 bits per heavy atom. The quantitative estimate of drug-likeness (QED) is 0.0400. The number of carbonyl (C=O) groups excluding carboxylic acids is 9. The van der Waals surface area contributed by atoms with Crippen molar-refractivity contribution >= 4 is 67.0 Å². The molecule has 1 rings (SSSR count). The number of ether oxygens (including phenoxy) is 3. The van der Waals surface area contributed by atoms with E-state index in [1.54, 1.807) is 30.3 Å². The first-order chi connectivity index (χ1) is 34.6. The van der Waals surface area contributed by atoms with Crippen LogP contribution in [0.15, 0.2) is 42.6 Å². The molecular weight excluding hydrogens is 1000 g/mol. The van der Waals surface area contributed by atoms with Crippen molar-refractivity contribution in [3.05, 3.63) is 48.2 Å². The van der Waals surface area contributed by atoms with Crippen molar-refractivity contribution in [3.8, 4) is 0 Å². The van der Waals surface area contributed by atoms with Gasteiger partial charge >= 0.3 is 17.9 Å². The molecule has 0 fully saturated rings. The van der Waals surface area contributed by atoms with Gasteiger partial charge in [0.2, 0.25) is 23.6 Å². The molecule has 0 saturated heterocycles. The number of carbonyl (C=O) groups is 10. The number of benzene rings is 1. The molecule has 0 aliphatic carbocycles. The zero-order valence-corrected chi connectivity index (χ0v) is 46.5. The van der Waals surface area contributed by atoms with Gasteiger partial charge in [-0.3, -0.25) is 42.9 Å². The zero-order chi connectivity index (χ0) is 58.0. The number of hydrogen-bond donors (Lipinski definition) is 5. The van der Waals surface area contributed by atoms with Crippen LogP contribution in [-0.4, -0.2) is 167 Å². The van der Waals surface area contributed by atoms with Crippen LogP contribution in [0.2, 0.25) is 0 Å². The topological polar surface area (TPSA) is 334 Å². The number of methoxy groups -OCH3 is 1. The third-order valence-electron chi connectivity index (χ3n) is 12.3. The smallest absolute Gasteiger partial charge is 0.329 e. The molecule has 0 saturated carbocycles. The molecule has 1 aromatic rings. The van der Waals surface area contributed by atoms with Crippen LogP contribution >= 0.6 is 7.82 Å². The molecule has 25 heteroatoms. The van der Waals surface area contributed by atoms with Gasteiger partial charge in [0.05, 0.1) is 18.1 Å². The maximum atomic E-state index is 14.5. The van der Waals surface area contributed by atoms with Gasteiger partial charge < -0.3 is 64.3 Å². The SMILES string of the molecule is C=C(C(=O)N[C@@H](C)C(=O)N(C)[C@@H](C)C(=O)N[C@H](C(=O)N(C)[C@H](C(=O)O)[C@@H](C)OC)[C@H](OC(=O)[C@@H](CC(=O)CC)[C@H](OP(=O)([O-])O)C(C)C)C(C)C)N(C)C(=O)[C@@H](Cc1ccccc1)OC(=O)[C@H](CC(C)C)NC(C)=O. The van der Waals surface area contributed by atoms with Gasteiger partial charge in [-0.2, -0.15) is 0 Å². The number of ketones is 1. The fraction of sp³-hybridized carbons (Fsp3) is 0.640. The average molecular weight is 1080 g/mol. The summed E-state index contributed by atoms with van der Waals surface area (Å²) in [7, 11) is -0.824. The minimum absolute atomic E-state index is 0.0511. The van der Waals surface area contributed by atoms with Crippen molar-refractivity contribution in [1.29, 1.82) is 0 Å². The number of aliphatic carboxylic acids is 1. The Kier molecular flexibility index (Phi) is 27.2. The summed E-state index contributed by atoms with van der Waals surface area (Å²) in [5, 5.41) is 17.6. The van der Waals surface area contributed by atoms with Gasteiger partial charge in [0, 0.05) is 54.4 Å². The van der Waals surface area contributed by atoms with Crippen LogP contribution in [0.1, 0.15) is 101 Å². The van der Waals surface area contributed by atoms with Crippen LogP contribution in [0, 0.1) is 23.7 Å². The van der Waals surface area contributed by atoms with Crippen molar-refractivity contribution in [2.45, 2.75) is 156 Å². The van der Waals surface area contributed by atoms with E-state index in [9.17, 15) is 67.4 Å². The summed E-state index contributed by atoms with van der Waals surface area (Å²) in [6.45, 7) is 19.8. The van der Waals surface area contributed by atoms with Gasteiger partial charge in [-0.15, -0.1) is 0 Å². The number of phosphoric acid groups is 1. The Hall–Kier alpha value is -6.07. The third kappa shape index (κ3) is 20.9. The summed E-state index contributed by atoms with van der Waals surface area (Å²) in [4.78, 5) is 159. The molecular formula is C50H78N6O18P-. The standard InChI is InChI=1S/C50H79N6O18P/c1-17-35(58)25-36(41(27(4)5)74-75(68,69)70)49(66)73-42(28(6)7)39(47(63)56(15)40(48(64)65)32(11)71-16)53-44(60)31(10)54(13)45(61)29(8)51-43(59)30(9)55(14)46(62)38(24-34-21-19-18-20-22-34)72-50(67)37(23-26(2)3)52-33(12)57/h18-22,26-29,31-32,36-42H,9,17,23-25H2,1-8,10-16H3,(H,51,59)(H,52,57)(H,53,60)(H,64,65)(H2,68,69,70)/p-1/t29-,31-,32+,36-,37-,38+,39-,40-,41+,42+/m0/s1. The van der Waals surface area contributed by atoms with E-state index in [1.807, 2.05) is 13.8 Å². The molecule has 5 N–H and O–H groups in total. The fourth-order valence-electron chi connectivity index (χ4n) is 7.75. The molecule has 11 atom stereocenters. The Morgan fingerprint density at radius 3 is 1.80 bits per heavy atom. The molecule has 6 amide bonds. The van der Waals surface area contributed by atoms with Gasteiger partial charge in [0.1, 0.15) is 41.8 Å². The third-order valence-corrected chi connectivity index (χ3v) is 12.8. The second-order valence-electron chi connectivity index (χ2n) is 19.5. The maximum absolute atomic E-state index is 14.5. The van der Waals surface area contributed by atoms with Gasteiger partial charge in [-0.1, -0.05) is 85.4 Å². The van der Waals surface area contributed by atoms with E-state index >= 15 is 0 Å². The highest BCUT2D eigenvalue weighted by Crippen LogP contribution is 2.39. The maximum Gasteiger partial charge on any atom is 0.329 e. The van der Waals surface area contributed by atoms with Crippen LogP contribution in [0.5, 0.6) is 0 Å². The highest BCUT2D eigenvalue weighted by atomic mass is 31.2. The van der Waals surface area contributed by atoms with Crippen LogP contribution in [-0.2, 0) is 77.7 Å². The molecule has 0 aliphatic rings. The van der Waals surface area contributed by atoms with Gasteiger partial charge in [0.15, 0.2) is 12.1 Å². The number of rotatable bonds is 31. The van der Waals surface area contributed by atoms with E-state index in [0.717, 1.165) is 21.7 Å². The van der Waals surface area contributed by atoms with Crippen LogP contribution in [0.3, 0.4) is 0 Å². The Balaban J connectivity index is 3.60. The van der Waals surface area contributed by atoms with Crippen molar-refractivity contribution in [1.82, 2.24) is 30.7 Å². The molecule has 1 unspecified atom stereocenters. The van der Waals surface area contributed by atoms with Crippen molar-refractivity contribution in [2.24, 2.45) is 23.7 Å². The molecule has 0 aromatic heterocycles. The van der Waals surface area contributed by atoms with E-state index in [0.29, 0.717) is 5.56 Å². The molecule has 0 bridgehead atoms. The monoisotopic (exact) mass is 1080 g/mol. The van der Waals surface area contributed by atoms with Crippen molar-refractivity contribution in [3.63, 3.8) is 0 Å². The lowest BCUT2D eigenvalue weighted by Gasteiger charge is -2.38. The van der Waals surface area contributed by atoms with E-state index in [4.69, 9.17) is 18.7 Å². The number of likely N-dealkylation sites (N-methyl/N-ethyl adjacent to an activating group) is 3. The number of nitrogens with zero attached hydrogens (tertiary/aromatic N) is 3. The first-order valence-electron chi connectivity index (χ1n) is 24.4.